The quantitative estimate of drug-likeness (QED) is 0.466. The van der Waals surface area contributed by atoms with E-state index in [-0.39, 0.29) is 15.1 Å². The summed E-state index contributed by atoms with van der Waals surface area (Å²) in [4.78, 5) is 0. The normalized spacial score (nSPS) is 32.6. The fourth-order valence-corrected chi connectivity index (χ4v) is 1.33. The average molecular weight is 264 g/mol. The fourth-order valence-electron chi connectivity index (χ4n) is 1.33. The summed E-state index contributed by atoms with van der Waals surface area (Å²) >= 11 is -0.346. The van der Waals surface area contributed by atoms with Crippen LogP contribution in [-0.4, -0.2) is 0 Å². The zero-order chi connectivity index (χ0) is 7.40. The molecule has 0 aromatic heterocycles. The molecule has 0 radical (unpaired) electrons. The van der Waals surface area contributed by atoms with Crippen LogP contribution < -0.4 is 0 Å². The fraction of sp³-hybridized carbons (Fsp3) is 0.429. The van der Waals surface area contributed by atoms with Gasteiger partial charge in [0.2, 0.25) is 0 Å². The molecular formula is C7H8Cl2Ru. The van der Waals surface area contributed by atoms with Gasteiger partial charge in [0.25, 0.3) is 0 Å². The van der Waals surface area contributed by atoms with Gasteiger partial charge in [0.15, 0.2) is 0 Å². The first-order valence-corrected chi connectivity index (χ1v) is 7.56. The van der Waals surface area contributed by atoms with Crippen molar-refractivity contribution < 1.29 is 15.1 Å². The molecule has 0 N–H and O–H groups in total. The van der Waals surface area contributed by atoms with E-state index in [1.165, 1.54) is 6.42 Å². The van der Waals surface area contributed by atoms with E-state index < -0.39 is 0 Å². The molecular weight excluding hydrogens is 256 g/mol. The summed E-state index contributed by atoms with van der Waals surface area (Å²) in [5.74, 6) is 1.62. The van der Waals surface area contributed by atoms with Gasteiger partial charge in [0.1, 0.15) is 0 Å². The van der Waals surface area contributed by atoms with Crippen LogP contribution in [0.25, 0.3) is 0 Å². The molecule has 2 aliphatic rings. The van der Waals surface area contributed by atoms with Crippen LogP contribution in [0.3, 0.4) is 0 Å². The molecule has 2 rings (SSSR count). The van der Waals surface area contributed by atoms with Crippen LogP contribution in [-0.2, 0) is 15.1 Å². The van der Waals surface area contributed by atoms with Gasteiger partial charge < -0.3 is 0 Å². The molecule has 3 heteroatoms. The third kappa shape index (κ3) is 2.38. The standard InChI is InChI=1S/C7H8.2ClH.Ru/c1-2-7-4-3-6(1)5-7;;;/h1-4,6-7H,5H2;2*1H;/q;;;+2/p-2. The molecule has 0 aliphatic heterocycles. The maximum absolute atomic E-state index is 4.85. The topological polar surface area (TPSA) is 0 Å². The van der Waals surface area contributed by atoms with Crippen molar-refractivity contribution in [3.05, 3.63) is 24.3 Å². The Morgan fingerprint density at radius 3 is 1.40 bits per heavy atom. The van der Waals surface area contributed by atoms with Gasteiger partial charge in [0, 0.05) is 0 Å². The minimum absolute atomic E-state index is 0.346. The second-order valence-corrected chi connectivity index (χ2v) is 5.02. The molecule has 0 unspecified atom stereocenters. The number of halogens is 2. The first kappa shape index (κ1) is 8.78. The first-order valence-electron chi connectivity index (χ1n) is 3.08. The van der Waals surface area contributed by atoms with Crippen LogP contribution in [0.1, 0.15) is 6.42 Å². The second-order valence-electron chi connectivity index (χ2n) is 2.38. The van der Waals surface area contributed by atoms with Gasteiger partial charge in [-0.15, -0.1) is 0 Å². The Morgan fingerprint density at radius 1 is 1.00 bits per heavy atom. The molecule has 0 spiro atoms. The van der Waals surface area contributed by atoms with Crippen molar-refractivity contribution in [1.29, 1.82) is 0 Å². The molecule has 0 aromatic carbocycles. The Balaban J connectivity index is 0.000000148. The third-order valence-corrected chi connectivity index (χ3v) is 1.76. The van der Waals surface area contributed by atoms with E-state index in [1.54, 1.807) is 0 Å². The number of allylic oxidation sites excluding steroid dienone is 4. The van der Waals surface area contributed by atoms with Gasteiger partial charge in [-0.25, -0.2) is 0 Å². The monoisotopic (exact) mass is 264 g/mol. The molecule has 0 nitrogen and oxygen atoms in total. The molecule has 0 heterocycles. The van der Waals surface area contributed by atoms with Crippen LogP contribution in [0, 0.1) is 11.8 Å². The van der Waals surface area contributed by atoms with Crippen LogP contribution in [0.15, 0.2) is 24.3 Å². The number of hydrogen-bond donors (Lipinski definition) is 0. The Hall–Kier alpha value is 0.683. The van der Waals surface area contributed by atoms with Crippen molar-refractivity contribution in [2.24, 2.45) is 11.8 Å². The molecule has 0 saturated carbocycles. The van der Waals surface area contributed by atoms with Gasteiger partial charge in [-0.1, -0.05) is 24.3 Å². The van der Waals surface area contributed by atoms with E-state index in [0.29, 0.717) is 0 Å². The molecule has 0 fully saturated rings. The summed E-state index contributed by atoms with van der Waals surface area (Å²) in [7, 11) is 9.71. The van der Waals surface area contributed by atoms with E-state index in [9.17, 15) is 0 Å². The average Bonchev–Trinajstić information content (AvgIpc) is 2.49. The number of fused-ring (bicyclic) bond motifs is 2. The summed E-state index contributed by atoms with van der Waals surface area (Å²) in [5, 5.41) is 0. The Morgan fingerprint density at radius 2 is 1.30 bits per heavy atom. The summed E-state index contributed by atoms with van der Waals surface area (Å²) in [6, 6.07) is 0. The van der Waals surface area contributed by atoms with E-state index in [0.717, 1.165) is 11.8 Å². The van der Waals surface area contributed by atoms with Crippen molar-refractivity contribution in [1.82, 2.24) is 0 Å². The van der Waals surface area contributed by atoms with E-state index in [4.69, 9.17) is 19.4 Å². The predicted molar refractivity (Wildman–Crippen MR) is 41.6 cm³/mol. The molecule has 2 aliphatic carbocycles. The van der Waals surface area contributed by atoms with Gasteiger partial charge in [0.05, 0.1) is 0 Å². The Kier molecular flexibility index (Phi) is 3.98. The van der Waals surface area contributed by atoms with Gasteiger partial charge in [-0.05, 0) is 18.3 Å². The molecule has 0 aromatic rings. The molecule has 0 atom stereocenters. The first-order chi connectivity index (χ1) is 4.86. The summed E-state index contributed by atoms with van der Waals surface area (Å²) in [5.41, 5.74) is 0. The maximum atomic E-state index is 4.85. The molecule has 0 amide bonds. The molecule has 10 heavy (non-hydrogen) atoms. The van der Waals surface area contributed by atoms with Crippen LogP contribution >= 0.6 is 19.4 Å². The number of rotatable bonds is 0. The zero-order valence-electron chi connectivity index (χ0n) is 5.28. The van der Waals surface area contributed by atoms with Gasteiger partial charge in [-0.3, -0.25) is 0 Å². The summed E-state index contributed by atoms with van der Waals surface area (Å²) < 4.78 is 0. The van der Waals surface area contributed by atoms with Crippen molar-refractivity contribution in [2.45, 2.75) is 6.42 Å². The van der Waals surface area contributed by atoms with Crippen molar-refractivity contribution in [3.63, 3.8) is 0 Å². The molecule has 0 saturated heterocycles. The predicted octanol–water partition coefficient (Wildman–Crippen LogP) is 3.13. The zero-order valence-corrected chi connectivity index (χ0v) is 8.53. The van der Waals surface area contributed by atoms with E-state index in [1.807, 2.05) is 0 Å². The summed E-state index contributed by atoms with van der Waals surface area (Å²) in [6.45, 7) is 0. The van der Waals surface area contributed by atoms with Crippen LogP contribution in [0.5, 0.6) is 0 Å². The summed E-state index contributed by atoms with van der Waals surface area (Å²) in [6.07, 6.45) is 10.5. The number of hydrogen-bond acceptors (Lipinski definition) is 0. The minimum atomic E-state index is -0.346. The van der Waals surface area contributed by atoms with Crippen molar-refractivity contribution >= 4 is 19.4 Å². The van der Waals surface area contributed by atoms with Gasteiger partial charge in [-0.2, -0.15) is 0 Å². The molecule has 58 valence electrons. The molecule has 2 bridgehead atoms. The third-order valence-electron chi connectivity index (χ3n) is 1.76. The van der Waals surface area contributed by atoms with Gasteiger partial charge >= 0.3 is 34.5 Å². The SMILES string of the molecule is C1=CC2C=CC1C2.[Cl][Ru][Cl]. The Bertz CT molecular complexity index is 126. The van der Waals surface area contributed by atoms with Crippen LogP contribution in [0.4, 0.5) is 0 Å². The van der Waals surface area contributed by atoms with E-state index >= 15 is 0 Å². The second kappa shape index (κ2) is 4.54. The van der Waals surface area contributed by atoms with Crippen molar-refractivity contribution in [2.75, 3.05) is 0 Å². The Labute approximate surface area is 77.0 Å². The van der Waals surface area contributed by atoms with E-state index in [2.05, 4.69) is 24.3 Å². The van der Waals surface area contributed by atoms with Crippen molar-refractivity contribution in [3.8, 4) is 0 Å². The van der Waals surface area contributed by atoms with Crippen LogP contribution in [0.2, 0.25) is 0 Å².